The zero-order valence-corrected chi connectivity index (χ0v) is 7.51. The summed E-state index contributed by atoms with van der Waals surface area (Å²) in [6, 6.07) is 0. The molecule has 0 bridgehead atoms. The second-order valence-electron chi connectivity index (χ2n) is 1.44. The van der Waals surface area contributed by atoms with Crippen LogP contribution in [0.1, 0.15) is 12.8 Å². The van der Waals surface area contributed by atoms with Crippen molar-refractivity contribution in [1.82, 2.24) is 0 Å². The third-order valence-electron chi connectivity index (χ3n) is 0.697. The molecule has 6 heavy (non-hydrogen) atoms. The largest absolute Gasteiger partial charge is 2.00 e. The minimum absolute atomic E-state index is 0. The van der Waals surface area contributed by atoms with E-state index in [4.69, 9.17) is 0 Å². The molecule has 1 aliphatic rings. The van der Waals surface area contributed by atoms with Gasteiger partial charge in [-0.3, -0.25) is 0 Å². The van der Waals surface area contributed by atoms with Crippen molar-refractivity contribution in [3.8, 4) is 0 Å². The van der Waals surface area contributed by atoms with Crippen molar-refractivity contribution in [3.63, 3.8) is 0 Å². The summed E-state index contributed by atoms with van der Waals surface area (Å²) in [6.07, 6.45) is 2.75. The Kier molecular flexibility index (Phi) is 6.81. The van der Waals surface area contributed by atoms with E-state index in [1.807, 2.05) is 0 Å². The van der Waals surface area contributed by atoms with Crippen LogP contribution in [0.3, 0.4) is 0 Å². The Bertz CT molecular complexity index is 26.7. The first kappa shape index (κ1) is 10.0. The van der Waals surface area contributed by atoms with E-state index >= 15 is 0 Å². The summed E-state index contributed by atoms with van der Waals surface area (Å²) in [7, 11) is 0. The molecule has 1 rings (SSSR count). The molecule has 0 aromatic heterocycles. The van der Waals surface area contributed by atoms with Gasteiger partial charge >= 0.3 is 19.5 Å². The Balaban J connectivity index is 0. The zero-order chi connectivity index (χ0) is 2.99. The van der Waals surface area contributed by atoms with E-state index < -0.39 is 0 Å². The fourth-order valence-corrected chi connectivity index (χ4v) is 0.118. The van der Waals surface area contributed by atoms with Crippen molar-refractivity contribution in [2.75, 3.05) is 0 Å². The van der Waals surface area contributed by atoms with Crippen molar-refractivity contribution in [2.45, 2.75) is 12.8 Å². The second kappa shape index (κ2) is 4.08. The van der Waals surface area contributed by atoms with Gasteiger partial charge in [0.25, 0.3) is 0 Å². The van der Waals surface area contributed by atoms with Crippen molar-refractivity contribution >= 4 is 0 Å². The summed E-state index contributed by atoms with van der Waals surface area (Å²) >= 11 is 0. The molecule has 0 radical (unpaired) electrons. The summed E-state index contributed by atoms with van der Waals surface area (Å²) in [5, 5.41) is 0. The Morgan fingerprint density at radius 1 is 1.33 bits per heavy atom. The monoisotopic (exact) mass is 154 g/mol. The Labute approximate surface area is 57.9 Å². The standard InChI is InChI=1S/C4H7.ClH.Zn/c1-4-2-3-4;;/h4H,1-3H2;1H;/q-1;;+2/p-1. The Morgan fingerprint density at radius 2 is 1.50 bits per heavy atom. The SMILES string of the molecule is [CH2-]C1CC1.[Cl-].[Zn+2]. The van der Waals surface area contributed by atoms with Gasteiger partial charge in [-0.2, -0.15) is 5.92 Å². The van der Waals surface area contributed by atoms with E-state index in [1.54, 1.807) is 0 Å². The number of halogens is 1. The van der Waals surface area contributed by atoms with Crippen molar-refractivity contribution < 1.29 is 31.9 Å². The topological polar surface area (TPSA) is 0 Å². The van der Waals surface area contributed by atoms with Crippen LogP contribution in [-0.2, 0) is 19.5 Å². The summed E-state index contributed by atoms with van der Waals surface area (Å²) in [5.41, 5.74) is 0. The molecule has 0 aromatic rings. The van der Waals surface area contributed by atoms with Crippen LogP contribution in [0.15, 0.2) is 0 Å². The molecule has 0 amide bonds. The molecule has 0 unspecified atom stereocenters. The molecule has 2 heteroatoms. The minimum atomic E-state index is 0. The van der Waals surface area contributed by atoms with Crippen LogP contribution >= 0.6 is 0 Å². The summed E-state index contributed by atoms with van der Waals surface area (Å²) in [5.74, 6) is 0.833. The molecule has 0 atom stereocenters. The normalized spacial score (nSPS) is 17.5. The number of hydrogen-bond donors (Lipinski definition) is 0. The number of rotatable bonds is 0. The minimum Gasteiger partial charge on any atom is -1.00 e. The summed E-state index contributed by atoms with van der Waals surface area (Å²) in [6.45, 7) is 3.75. The molecule has 32 valence electrons. The molecule has 0 N–H and O–H groups in total. The van der Waals surface area contributed by atoms with Gasteiger partial charge in [0.2, 0.25) is 0 Å². The maximum atomic E-state index is 3.75. The van der Waals surface area contributed by atoms with Crippen LogP contribution in [0.4, 0.5) is 0 Å². The van der Waals surface area contributed by atoms with Crippen molar-refractivity contribution in [2.24, 2.45) is 5.92 Å². The molecule has 1 saturated carbocycles. The van der Waals surface area contributed by atoms with Gasteiger partial charge < -0.3 is 19.3 Å². The second-order valence-corrected chi connectivity index (χ2v) is 1.44. The molecule has 0 aromatic carbocycles. The van der Waals surface area contributed by atoms with Gasteiger partial charge in [0.15, 0.2) is 0 Å². The fraction of sp³-hybridized carbons (Fsp3) is 0.750. The van der Waals surface area contributed by atoms with Gasteiger partial charge in [-0.15, -0.1) is 0 Å². The van der Waals surface area contributed by atoms with Gasteiger partial charge in [-0.25, -0.2) is 0 Å². The molecular formula is C4H7ClZn. The summed E-state index contributed by atoms with van der Waals surface area (Å²) < 4.78 is 0. The zero-order valence-electron chi connectivity index (χ0n) is 3.78. The van der Waals surface area contributed by atoms with E-state index in [9.17, 15) is 0 Å². The average molecular weight is 156 g/mol. The molecule has 0 aliphatic heterocycles. The van der Waals surface area contributed by atoms with E-state index in [2.05, 4.69) is 6.92 Å². The van der Waals surface area contributed by atoms with Crippen LogP contribution in [0.25, 0.3) is 0 Å². The predicted molar refractivity (Wildman–Crippen MR) is 18.1 cm³/mol. The first-order valence-corrected chi connectivity index (χ1v) is 1.72. The van der Waals surface area contributed by atoms with Gasteiger partial charge in [0.05, 0.1) is 0 Å². The van der Waals surface area contributed by atoms with E-state index in [-0.39, 0.29) is 31.9 Å². The van der Waals surface area contributed by atoms with Gasteiger partial charge in [-0.05, 0) is 0 Å². The third kappa shape index (κ3) is 4.91. The molecule has 0 heterocycles. The maximum Gasteiger partial charge on any atom is 2.00 e. The summed E-state index contributed by atoms with van der Waals surface area (Å²) in [4.78, 5) is 0. The Morgan fingerprint density at radius 3 is 1.50 bits per heavy atom. The predicted octanol–water partition coefficient (Wildman–Crippen LogP) is -1.77. The van der Waals surface area contributed by atoms with Gasteiger partial charge in [-0.1, -0.05) is 12.8 Å². The van der Waals surface area contributed by atoms with Crippen LogP contribution in [-0.4, -0.2) is 0 Å². The third-order valence-corrected chi connectivity index (χ3v) is 0.697. The van der Waals surface area contributed by atoms with E-state index in [1.165, 1.54) is 12.8 Å². The van der Waals surface area contributed by atoms with Gasteiger partial charge in [0.1, 0.15) is 0 Å². The molecule has 0 saturated heterocycles. The Hall–Kier alpha value is 0.913. The molecule has 1 aliphatic carbocycles. The van der Waals surface area contributed by atoms with Crippen molar-refractivity contribution in [3.05, 3.63) is 6.92 Å². The molecule has 1 fully saturated rings. The van der Waals surface area contributed by atoms with E-state index in [0.717, 1.165) is 5.92 Å². The molecule has 0 spiro atoms. The first-order valence-electron chi connectivity index (χ1n) is 1.72. The van der Waals surface area contributed by atoms with Crippen LogP contribution in [0, 0.1) is 12.8 Å². The fourth-order valence-electron chi connectivity index (χ4n) is 0.118. The van der Waals surface area contributed by atoms with Crippen LogP contribution < -0.4 is 12.4 Å². The average Bonchev–Trinajstić information content (AvgIpc) is 1.75. The van der Waals surface area contributed by atoms with Gasteiger partial charge in [0, 0.05) is 0 Å². The smallest absolute Gasteiger partial charge is 1.00 e. The van der Waals surface area contributed by atoms with Crippen molar-refractivity contribution in [1.29, 1.82) is 0 Å². The quantitative estimate of drug-likeness (QED) is 0.287. The number of hydrogen-bond acceptors (Lipinski definition) is 0. The van der Waals surface area contributed by atoms with Crippen LogP contribution in [0.5, 0.6) is 0 Å². The maximum absolute atomic E-state index is 3.75. The molecule has 0 nitrogen and oxygen atoms in total. The first-order chi connectivity index (χ1) is 1.89. The van der Waals surface area contributed by atoms with Crippen LogP contribution in [0.2, 0.25) is 0 Å². The molecular weight excluding hydrogens is 149 g/mol. The van der Waals surface area contributed by atoms with E-state index in [0.29, 0.717) is 0 Å².